The molecule has 1 atom stereocenters. The minimum atomic E-state index is -4.55. The maximum atomic E-state index is 12.8. The van der Waals surface area contributed by atoms with Crippen LogP contribution in [0.3, 0.4) is 0 Å². The molecule has 0 bridgehead atoms. The summed E-state index contributed by atoms with van der Waals surface area (Å²) in [6.07, 6.45) is -3.42. The minimum Gasteiger partial charge on any atom is -0.275 e. The fourth-order valence-electron chi connectivity index (χ4n) is 1.52. The number of fused-ring (bicyclic) bond motifs is 1. The summed E-state index contributed by atoms with van der Waals surface area (Å²) in [6.45, 7) is 0.371. The quantitative estimate of drug-likeness (QED) is 0.658. The molecule has 0 fully saturated rings. The van der Waals surface area contributed by atoms with E-state index in [0.717, 1.165) is 23.8 Å². The first-order valence-corrected chi connectivity index (χ1v) is 4.70. The van der Waals surface area contributed by atoms with Crippen LogP contribution in [-0.2, 0) is 6.54 Å². The summed E-state index contributed by atoms with van der Waals surface area (Å²) in [6, 6.07) is 1.09. The van der Waals surface area contributed by atoms with Crippen molar-refractivity contribution in [3.05, 3.63) is 22.6 Å². The van der Waals surface area contributed by atoms with Crippen LogP contribution >= 0.6 is 11.8 Å². The van der Waals surface area contributed by atoms with Crippen molar-refractivity contribution in [1.29, 1.82) is 0 Å². The third kappa shape index (κ3) is 1.31. The maximum Gasteiger partial charge on any atom is 0.414 e. The van der Waals surface area contributed by atoms with Crippen LogP contribution in [0.5, 0.6) is 0 Å². The molecular weight excluding hydrogens is 247 g/mol. The largest absolute Gasteiger partial charge is 0.414 e. The molecule has 0 spiro atoms. The van der Waals surface area contributed by atoms with Gasteiger partial charge in [0.1, 0.15) is 0 Å². The molecule has 16 heavy (non-hydrogen) atoms. The van der Waals surface area contributed by atoms with E-state index in [9.17, 15) is 18.0 Å². The van der Waals surface area contributed by atoms with E-state index in [-0.39, 0.29) is 5.95 Å². The molecule has 0 radical (unpaired) electrons. The van der Waals surface area contributed by atoms with E-state index in [4.69, 9.17) is 11.8 Å². The molecular formula is C8H7ClF3N3O. The fourth-order valence-corrected chi connectivity index (χ4v) is 1.81. The van der Waals surface area contributed by atoms with Crippen molar-refractivity contribution >= 4 is 17.7 Å². The van der Waals surface area contributed by atoms with Gasteiger partial charge in [0.05, 0.1) is 6.54 Å². The minimum absolute atomic E-state index is 0.186. The first-order chi connectivity index (χ1) is 7.27. The fraction of sp³-hybridized carbons (Fsp3) is 0.500. The van der Waals surface area contributed by atoms with Crippen molar-refractivity contribution < 1.29 is 13.2 Å². The normalized spacial score (nSPS) is 24.7. The Balaban J connectivity index is 2.57. The van der Waals surface area contributed by atoms with Crippen molar-refractivity contribution in [2.45, 2.75) is 25.2 Å². The summed E-state index contributed by atoms with van der Waals surface area (Å²) in [4.78, 5) is 15.0. The second-order valence-electron chi connectivity index (χ2n) is 3.72. The topological polar surface area (TPSA) is 38.1 Å². The number of halogens is 4. The standard InChI is InChI=1S/C8H7ClF3N3O/c1-7(8(10,11)12)4-14-5(16)2-3-13-6(14)15(7)9/h2-3H,4H2,1H3. The monoisotopic (exact) mass is 253 g/mol. The average molecular weight is 254 g/mol. The predicted molar refractivity (Wildman–Crippen MR) is 51.3 cm³/mol. The number of aromatic nitrogens is 2. The molecule has 8 heteroatoms. The molecule has 0 N–H and O–H groups in total. The average Bonchev–Trinajstić information content (AvgIpc) is 2.43. The van der Waals surface area contributed by atoms with Gasteiger partial charge in [-0.15, -0.1) is 0 Å². The van der Waals surface area contributed by atoms with Crippen LogP contribution in [0.25, 0.3) is 0 Å². The highest BCUT2D eigenvalue weighted by molar-refractivity contribution is 6.26. The zero-order chi connectivity index (χ0) is 12.1. The Morgan fingerprint density at radius 1 is 1.56 bits per heavy atom. The van der Waals surface area contributed by atoms with Crippen molar-refractivity contribution in [2.24, 2.45) is 0 Å². The molecule has 1 unspecified atom stereocenters. The van der Waals surface area contributed by atoms with E-state index in [0.29, 0.717) is 4.42 Å². The summed E-state index contributed by atoms with van der Waals surface area (Å²) >= 11 is 5.60. The molecule has 1 aliphatic rings. The van der Waals surface area contributed by atoms with E-state index in [2.05, 4.69) is 4.98 Å². The first-order valence-electron chi connectivity index (χ1n) is 4.36. The van der Waals surface area contributed by atoms with Gasteiger partial charge in [-0.3, -0.25) is 9.36 Å². The molecule has 88 valence electrons. The predicted octanol–water partition coefficient (Wildman–Crippen LogP) is 1.54. The molecule has 2 heterocycles. The Hall–Kier alpha value is -1.24. The van der Waals surface area contributed by atoms with Crippen LogP contribution in [0, 0.1) is 0 Å². The Morgan fingerprint density at radius 2 is 2.19 bits per heavy atom. The van der Waals surface area contributed by atoms with E-state index in [1.165, 1.54) is 0 Å². The summed E-state index contributed by atoms with van der Waals surface area (Å²) in [5, 5.41) is 0. The van der Waals surface area contributed by atoms with E-state index in [1.807, 2.05) is 0 Å². The second kappa shape index (κ2) is 3.13. The summed E-state index contributed by atoms with van der Waals surface area (Å²) in [5.41, 5.74) is -2.86. The van der Waals surface area contributed by atoms with E-state index < -0.39 is 23.8 Å². The Bertz CT molecular complexity index is 486. The lowest BCUT2D eigenvalue weighted by atomic mass is 10.0. The lowest BCUT2D eigenvalue weighted by Crippen LogP contribution is -2.52. The highest BCUT2D eigenvalue weighted by atomic mass is 35.5. The van der Waals surface area contributed by atoms with Crippen molar-refractivity contribution in [3.8, 4) is 0 Å². The third-order valence-corrected chi connectivity index (χ3v) is 3.12. The number of hydrogen-bond donors (Lipinski definition) is 0. The molecule has 0 saturated carbocycles. The van der Waals surface area contributed by atoms with Gasteiger partial charge in [-0.05, 0) is 6.92 Å². The highest BCUT2D eigenvalue weighted by Crippen LogP contribution is 2.43. The number of nitrogens with zero attached hydrogens (tertiary/aromatic N) is 3. The SMILES string of the molecule is CC1(C(F)(F)F)Cn2c(nccc2=O)N1Cl. The van der Waals surface area contributed by atoms with Crippen LogP contribution < -0.4 is 9.98 Å². The van der Waals surface area contributed by atoms with Crippen molar-refractivity contribution in [1.82, 2.24) is 9.55 Å². The lowest BCUT2D eigenvalue weighted by molar-refractivity contribution is -0.178. The van der Waals surface area contributed by atoms with Gasteiger partial charge in [-0.1, -0.05) is 0 Å². The molecule has 0 aromatic carbocycles. The van der Waals surface area contributed by atoms with Gasteiger partial charge < -0.3 is 0 Å². The number of rotatable bonds is 0. The number of alkyl halides is 3. The van der Waals surface area contributed by atoms with Crippen LogP contribution in [0.15, 0.2) is 17.1 Å². The molecule has 1 aromatic rings. The van der Waals surface area contributed by atoms with Gasteiger partial charge in [0.2, 0.25) is 5.95 Å². The Labute approximate surface area is 93.4 Å². The second-order valence-corrected chi connectivity index (χ2v) is 4.06. The van der Waals surface area contributed by atoms with Gasteiger partial charge >= 0.3 is 6.18 Å². The summed E-state index contributed by atoms with van der Waals surface area (Å²) < 4.78 is 39.8. The van der Waals surface area contributed by atoms with Crippen LogP contribution in [-0.4, -0.2) is 21.3 Å². The van der Waals surface area contributed by atoms with Gasteiger partial charge in [-0.25, -0.2) is 9.40 Å². The lowest BCUT2D eigenvalue weighted by Gasteiger charge is -2.31. The zero-order valence-corrected chi connectivity index (χ0v) is 8.88. The van der Waals surface area contributed by atoms with E-state index in [1.54, 1.807) is 0 Å². The molecule has 0 aliphatic carbocycles. The zero-order valence-electron chi connectivity index (χ0n) is 8.12. The van der Waals surface area contributed by atoms with Crippen LogP contribution in [0.2, 0.25) is 0 Å². The van der Waals surface area contributed by atoms with E-state index >= 15 is 0 Å². The Kier molecular flexibility index (Phi) is 2.20. The molecule has 1 aliphatic heterocycles. The van der Waals surface area contributed by atoms with Crippen LogP contribution in [0.1, 0.15) is 6.92 Å². The van der Waals surface area contributed by atoms with Gasteiger partial charge in [0, 0.05) is 24.0 Å². The number of anilines is 1. The summed E-state index contributed by atoms with van der Waals surface area (Å²) in [7, 11) is 0. The maximum absolute atomic E-state index is 12.8. The molecule has 2 rings (SSSR count). The molecule has 1 aromatic heterocycles. The molecule has 4 nitrogen and oxygen atoms in total. The smallest absolute Gasteiger partial charge is 0.275 e. The van der Waals surface area contributed by atoms with Crippen molar-refractivity contribution in [3.63, 3.8) is 0 Å². The number of hydrogen-bond acceptors (Lipinski definition) is 3. The highest BCUT2D eigenvalue weighted by Gasteiger charge is 2.60. The van der Waals surface area contributed by atoms with Gasteiger partial charge in [0.25, 0.3) is 5.56 Å². The van der Waals surface area contributed by atoms with Crippen LogP contribution in [0.4, 0.5) is 19.1 Å². The first kappa shape index (κ1) is 11.3. The van der Waals surface area contributed by atoms with Gasteiger partial charge in [-0.2, -0.15) is 13.2 Å². The van der Waals surface area contributed by atoms with Gasteiger partial charge in [0.15, 0.2) is 5.54 Å². The Morgan fingerprint density at radius 3 is 2.69 bits per heavy atom. The third-order valence-electron chi connectivity index (χ3n) is 2.60. The molecule has 0 saturated heterocycles. The molecule has 0 amide bonds. The summed E-state index contributed by atoms with van der Waals surface area (Å²) in [5.74, 6) is -0.186. The van der Waals surface area contributed by atoms with Crippen molar-refractivity contribution in [2.75, 3.05) is 4.42 Å².